The Balaban J connectivity index is 0.000000325. The van der Waals surface area contributed by atoms with Crippen LogP contribution in [0.3, 0.4) is 0 Å². The van der Waals surface area contributed by atoms with Crippen LogP contribution in [0.15, 0.2) is 0 Å². The number of aliphatic hydroxyl groups excluding tert-OH is 1. The number of likely N-dealkylation sites (N-methyl/N-ethyl adjacent to an activating group) is 1. The number of quaternary nitrogens is 1. The van der Waals surface area contributed by atoms with E-state index in [-0.39, 0.29) is 0 Å². The highest BCUT2D eigenvalue weighted by Gasteiger charge is 2.18. The van der Waals surface area contributed by atoms with Crippen molar-refractivity contribution < 1.29 is 19.9 Å². The molecular formula is C11H24N2O3. The molecule has 1 rings (SSSR count). The molecule has 2 N–H and O–H groups in total. The van der Waals surface area contributed by atoms with E-state index in [9.17, 15) is 9.90 Å². The average Bonchev–Trinajstić information content (AvgIpc) is 2.62. The summed E-state index contributed by atoms with van der Waals surface area (Å²) in [7, 11) is 2.21. The molecule has 5 nitrogen and oxygen atoms in total. The summed E-state index contributed by atoms with van der Waals surface area (Å²) in [6.45, 7) is 8.69. The van der Waals surface area contributed by atoms with Crippen LogP contribution in [0, 0.1) is 0 Å². The van der Waals surface area contributed by atoms with Crippen molar-refractivity contribution in [3.05, 3.63) is 0 Å². The highest BCUT2D eigenvalue weighted by atomic mass is 16.4. The summed E-state index contributed by atoms with van der Waals surface area (Å²) in [5, 5.41) is 17.3. The van der Waals surface area contributed by atoms with Gasteiger partial charge >= 0.3 is 0 Å². The van der Waals surface area contributed by atoms with Crippen LogP contribution in [0.5, 0.6) is 0 Å². The van der Waals surface area contributed by atoms with Crippen LogP contribution in [0.4, 0.5) is 0 Å². The van der Waals surface area contributed by atoms with Gasteiger partial charge in [0.2, 0.25) is 0 Å². The molecule has 16 heavy (non-hydrogen) atoms. The van der Waals surface area contributed by atoms with Gasteiger partial charge < -0.3 is 19.9 Å². The quantitative estimate of drug-likeness (QED) is 0.571. The molecule has 0 saturated carbocycles. The molecule has 0 radical (unpaired) electrons. The largest absolute Gasteiger partial charge is 0.547 e. The second-order valence-corrected chi connectivity index (χ2v) is 4.34. The Morgan fingerprint density at radius 1 is 1.62 bits per heavy atom. The fourth-order valence-corrected chi connectivity index (χ4v) is 1.52. The number of rotatable bonds is 4. The van der Waals surface area contributed by atoms with E-state index in [2.05, 4.69) is 18.9 Å². The first-order chi connectivity index (χ1) is 7.47. The van der Waals surface area contributed by atoms with E-state index in [1.165, 1.54) is 39.1 Å². The summed E-state index contributed by atoms with van der Waals surface area (Å²) in [5.74, 6) is -1.44. The van der Waals surface area contributed by atoms with Gasteiger partial charge in [-0.15, -0.1) is 0 Å². The number of carbonyl (C=O) groups excluding carboxylic acids is 1. The summed E-state index contributed by atoms with van der Waals surface area (Å²) < 4.78 is 0. The van der Waals surface area contributed by atoms with Gasteiger partial charge in [0, 0.05) is 0 Å². The number of nitrogens with zero attached hydrogens (tertiary/aromatic N) is 1. The van der Waals surface area contributed by atoms with Gasteiger partial charge in [0.05, 0.1) is 31.7 Å². The minimum absolute atomic E-state index is 1.13. The van der Waals surface area contributed by atoms with Gasteiger partial charge in [-0.05, 0) is 20.4 Å². The first-order valence-electron chi connectivity index (χ1n) is 5.88. The number of hydrogen-bond acceptors (Lipinski definition) is 4. The molecule has 1 fully saturated rings. The fourth-order valence-electron chi connectivity index (χ4n) is 1.52. The minimum Gasteiger partial charge on any atom is -0.547 e. The zero-order chi connectivity index (χ0) is 12.6. The number of hydrogen-bond donors (Lipinski definition) is 2. The molecule has 0 aliphatic carbocycles. The lowest BCUT2D eigenvalue weighted by molar-refractivity contribution is -0.891. The Kier molecular flexibility index (Phi) is 8.15. The lowest BCUT2D eigenvalue weighted by Crippen LogP contribution is -3.10. The maximum atomic E-state index is 9.34. The Labute approximate surface area is 97.7 Å². The third-order valence-electron chi connectivity index (χ3n) is 2.57. The van der Waals surface area contributed by atoms with E-state index < -0.39 is 12.1 Å². The van der Waals surface area contributed by atoms with Crippen molar-refractivity contribution in [1.29, 1.82) is 0 Å². The van der Waals surface area contributed by atoms with Crippen LogP contribution in [-0.2, 0) is 4.79 Å². The van der Waals surface area contributed by atoms with Crippen molar-refractivity contribution in [2.75, 3.05) is 33.4 Å². The highest BCUT2D eigenvalue weighted by Crippen LogP contribution is 1.84. The Bertz CT molecular complexity index is 198. The SMILES string of the molecule is CC(O)C(=O)[O-].CCCC[NH+]1CCN(C)C1. The molecule has 2 unspecified atom stereocenters. The molecule has 1 aliphatic heterocycles. The Morgan fingerprint density at radius 2 is 2.19 bits per heavy atom. The highest BCUT2D eigenvalue weighted by molar-refractivity contribution is 5.68. The average molecular weight is 232 g/mol. The van der Waals surface area contributed by atoms with Crippen molar-refractivity contribution in [2.45, 2.75) is 32.8 Å². The molecule has 5 heteroatoms. The molecule has 0 aromatic heterocycles. The van der Waals surface area contributed by atoms with E-state index in [0.717, 1.165) is 6.92 Å². The predicted octanol–water partition coefficient (Wildman–Crippen LogP) is -2.31. The number of aliphatic hydroxyl groups is 1. The van der Waals surface area contributed by atoms with Crippen LogP contribution in [0.25, 0.3) is 0 Å². The fraction of sp³-hybridized carbons (Fsp3) is 0.909. The molecular weight excluding hydrogens is 208 g/mol. The van der Waals surface area contributed by atoms with E-state index in [0.29, 0.717) is 0 Å². The Hall–Kier alpha value is -0.650. The van der Waals surface area contributed by atoms with Crippen molar-refractivity contribution >= 4 is 5.97 Å². The molecule has 2 atom stereocenters. The van der Waals surface area contributed by atoms with Gasteiger partial charge in [-0.25, -0.2) is 0 Å². The van der Waals surface area contributed by atoms with Gasteiger partial charge in [0.25, 0.3) is 0 Å². The van der Waals surface area contributed by atoms with Crippen molar-refractivity contribution in [3.63, 3.8) is 0 Å². The summed E-state index contributed by atoms with van der Waals surface area (Å²) in [4.78, 5) is 13.5. The van der Waals surface area contributed by atoms with Crippen molar-refractivity contribution in [1.82, 2.24) is 4.90 Å². The van der Waals surface area contributed by atoms with Crippen LogP contribution < -0.4 is 10.0 Å². The smallest absolute Gasteiger partial charge is 0.133 e. The summed E-state index contributed by atoms with van der Waals surface area (Å²) in [6, 6.07) is 0. The van der Waals surface area contributed by atoms with Crippen LogP contribution in [0.1, 0.15) is 26.7 Å². The topological polar surface area (TPSA) is 68.0 Å². The molecule has 1 heterocycles. The number of aliphatic carboxylic acids is 1. The third kappa shape index (κ3) is 7.62. The number of nitrogens with one attached hydrogen (secondary N) is 1. The van der Waals surface area contributed by atoms with Gasteiger partial charge in [-0.1, -0.05) is 13.3 Å². The monoisotopic (exact) mass is 232 g/mol. The predicted molar refractivity (Wildman–Crippen MR) is 59.8 cm³/mol. The van der Waals surface area contributed by atoms with Gasteiger partial charge in [0.1, 0.15) is 6.67 Å². The first-order valence-corrected chi connectivity index (χ1v) is 5.88. The number of carboxylic acid groups (broad SMARTS) is 1. The van der Waals surface area contributed by atoms with Gasteiger partial charge in [-0.3, -0.25) is 4.90 Å². The molecule has 0 spiro atoms. The van der Waals surface area contributed by atoms with Crippen LogP contribution >= 0.6 is 0 Å². The summed E-state index contributed by atoms with van der Waals surface area (Å²) in [6.07, 6.45) is 1.39. The van der Waals surface area contributed by atoms with E-state index in [1.54, 1.807) is 4.90 Å². The zero-order valence-electron chi connectivity index (χ0n) is 10.5. The number of unbranched alkanes of at least 4 members (excludes halogenated alkanes) is 1. The second-order valence-electron chi connectivity index (χ2n) is 4.34. The van der Waals surface area contributed by atoms with E-state index in [1.807, 2.05) is 0 Å². The van der Waals surface area contributed by atoms with Crippen LogP contribution in [0.2, 0.25) is 0 Å². The second kappa shape index (κ2) is 8.50. The molecule has 96 valence electrons. The van der Waals surface area contributed by atoms with Gasteiger partial charge in [-0.2, -0.15) is 0 Å². The Morgan fingerprint density at radius 3 is 2.50 bits per heavy atom. The minimum atomic E-state index is -1.44. The molecule has 0 amide bonds. The van der Waals surface area contributed by atoms with E-state index in [4.69, 9.17) is 5.11 Å². The molecule has 0 aromatic carbocycles. The molecule has 1 saturated heterocycles. The number of carbonyl (C=O) groups is 1. The normalized spacial score (nSPS) is 22.4. The summed E-state index contributed by atoms with van der Waals surface area (Å²) >= 11 is 0. The maximum absolute atomic E-state index is 9.34. The first kappa shape index (κ1) is 15.3. The van der Waals surface area contributed by atoms with E-state index >= 15 is 0 Å². The zero-order valence-corrected chi connectivity index (χ0v) is 10.5. The lowest BCUT2D eigenvalue weighted by Gasteiger charge is -2.10. The van der Waals surface area contributed by atoms with Crippen LogP contribution in [-0.4, -0.2) is 55.4 Å². The van der Waals surface area contributed by atoms with Crippen molar-refractivity contribution in [3.8, 4) is 0 Å². The lowest BCUT2D eigenvalue weighted by atomic mass is 10.3. The molecule has 0 aromatic rings. The van der Waals surface area contributed by atoms with Crippen molar-refractivity contribution in [2.24, 2.45) is 0 Å². The third-order valence-corrected chi connectivity index (χ3v) is 2.57. The standard InChI is InChI=1S/C8H18N2.C3H6O3/c1-3-4-5-10-7-6-9(2)8-10;1-2(4)3(5)6/h3-8H2,1-2H3;2,4H,1H3,(H,5,6). The molecule has 0 bridgehead atoms. The molecule has 1 aliphatic rings. The maximum Gasteiger partial charge on any atom is 0.133 e. The number of carboxylic acids is 1. The summed E-state index contributed by atoms with van der Waals surface area (Å²) in [5.41, 5.74) is 0. The van der Waals surface area contributed by atoms with Gasteiger partial charge in [0.15, 0.2) is 0 Å².